The summed E-state index contributed by atoms with van der Waals surface area (Å²) in [4.78, 5) is 0. The van der Waals surface area contributed by atoms with Crippen LogP contribution in [0.25, 0.3) is 0 Å². The number of piperidine rings is 1. The van der Waals surface area contributed by atoms with E-state index in [9.17, 15) is 26.3 Å². The van der Waals surface area contributed by atoms with Gasteiger partial charge < -0.3 is 14.8 Å². The van der Waals surface area contributed by atoms with E-state index in [4.69, 9.17) is 9.47 Å². The molecular formula is C26H37F6N3O2. The Bertz CT molecular complexity index is 881. The zero-order valence-corrected chi connectivity index (χ0v) is 21.2. The van der Waals surface area contributed by atoms with Gasteiger partial charge in [-0.15, -0.1) is 0 Å². The summed E-state index contributed by atoms with van der Waals surface area (Å²) < 4.78 is 97.5. The van der Waals surface area contributed by atoms with Crippen LogP contribution in [0.15, 0.2) is 30.3 Å². The Balaban J connectivity index is 1.61. The summed E-state index contributed by atoms with van der Waals surface area (Å²) in [6.07, 6.45) is -9.57. The van der Waals surface area contributed by atoms with Crippen molar-refractivity contribution in [1.82, 2.24) is 16.2 Å². The van der Waals surface area contributed by atoms with Gasteiger partial charge in [0.25, 0.3) is 0 Å². The highest BCUT2D eigenvalue weighted by molar-refractivity contribution is 5.14. The molecule has 0 spiro atoms. The number of fused-ring (bicyclic) bond motifs is 5. The molecule has 0 aromatic heterocycles. The summed E-state index contributed by atoms with van der Waals surface area (Å²) in [5.74, 6) is -1.51. The Morgan fingerprint density at radius 1 is 0.919 bits per heavy atom. The average Bonchev–Trinajstić information content (AvgIpc) is 3.30. The van der Waals surface area contributed by atoms with Crippen LogP contribution in [-0.2, 0) is 16.1 Å². The maximum atomic E-state index is 14.8. The van der Waals surface area contributed by atoms with Gasteiger partial charge in [-0.3, -0.25) is 0 Å². The smallest absolute Gasteiger partial charge is 0.357 e. The van der Waals surface area contributed by atoms with Crippen LogP contribution in [0.1, 0.15) is 70.8 Å². The number of alkyl halides is 6. The average molecular weight is 538 g/mol. The molecule has 4 rings (SSSR count). The Kier molecular flexibility index (Phi) is 8.50. The fraction of sp³-hybridized carbons (Fsp3) is 0.769. The monoisotopic (exact) mass is 537 g/mol. The van der Waals surface area contributed by atoms with Crippen LogP contribution in [0, 0.1) is 11.3 Å². The van der Waals surface area contributed by atoms with Gasteiger partial charge in [-0.1, -0.05) is 63.4 Å². The lowest BCUT2D eigenvalue weighted by Gasteiger charge is -2.44. The maximum Gasteiger partial charge on any atom is 0.421 e. The van der Waals surface area contributed by atoms with Crippen molar-refractivity contribution in [3.05, 3.63) is 35.9 Å². The van der Waals surface area contributed by atoms with E-state index in [0.29, 0.717) is 31.2 Å². The van der Waals surface area contributed by atoms with Crippen molar-refractivity contribution in [1.29, 1.82) is 0 Å². The molecule has 1 aromatic rings. The largest absolute Gasteiger partial charge is 0.421 e. The zero-order valence-electron chi connectivity index (χ0n) is 21.2. The van der Waals surface area contributed by atoms with Crippen LogP contribution < -0.4 is 16.2 Å². The number of hydrogen-bond acceptors (Lipinski definition) is 5. The summed E-state index contributed by atoms with van der Waals surface area (Å²) in [5.41, 5.74) is 3.00. The van der Waals surface area contributed by atoms with Crippen LogP contribution >= 0.6 is 0 Å². The summed E-state index contributed by atoms with van der Waals surface area (Å²) in [5, 5.41) is 3.10. The quantitative estimate of drug-likeness (QED) is 0.416. The van der Waals surface area contributed by atoms with Crippen molar-refractivity contribution >= 4 is 0 Å². The minimum atomic E-state index is -4.75. The van der Waals surface area contributed by atoms with Crippen molar-refractivity contribution in [3.63, 3.8) is 0 Å². The topological polar surface area (TPSA) is 54.5 Å². The van der Waals surface area contributed by atoms with E-state index in [1.165, 1.54) is 0 Å². The standard InChI is InChI=1S/C26H37F6N3O2/c1-23(2)13-7-4-8-14-24(26(30,31)32,36-16-17-9-5-3-6-10-17)22-35-34-21(37-22)19-12-11-18(25(27,28)29)20(15-23)33-19/h3,5-6,9-10,18-22,33-35H,4,7-8,11-16H2,1-2H3/t18?,19?,20?,21?,22?,24-/m1/s1. The number of halogens is 6. The molecule has 1 aromatic carbocycles. The minimum absolute atomic E-state index is 0.108. The second kappa shape index (κ2) is 11.0. The first kappa shape index (κ1) is 28.6. The third-order valence-electron chi connectivity index (χ3n) is 8.04. The van der Waals surface area contributed by atoms with E-state index in [0.717, 1.165) is 0 Å². The number of ether oxygens (including phenoxy) is 2. The molecule has 3 N–H and O–H groups in total. The fourth-order valence-corrected chi connectivity index (χ4v) is 5.96. The van der Waals surface area contributed by atoms with E-state index in [2.05, 4.69) is 16.2 Å². The van der Waals surface area contributed by atoms with Gasteiger partial charge in [-0.25, -0.2) is 10.9 Å². The van der Waals surface area contributed by atoms with E-state index in [1.807, 2.05) is 13.8 Å². The summed E-state index contributed by atoms with van der Waals surface area (Å²) in [6, 6.07) is 7.20. The third kappa shape index (κ3) is 6.61. The van der Waals surface area contributed by atoms with Gasteiger partial charge in [0.05, 0.1) is 12.5 Å². The van der Waals surface area contributed by atoms with Crippen molar-refractivity contribution in [2.24, 2.45) is 11.3 Å². The Morgan fingerprint density at radius 3 is 2.30 bits per heavy atom. The molecule has 5 unspecified atom stereocenters. The molecule has 4 bridgehead atoms. The molecule has 3 aliphatic heterocycles. The van der Waals surface area contributed by atoms with Crippen molar-refractivity contribution in [2.45, 2.75) is 114 Å². The minimum Gasteiger partial charge on any atom is -0.357 e. The normalized spacial score (nSPS) is 35.6. The van der Waals surface area contributed by atoms with E-state index >= 15 is 0 Å². The molecule has 11 heteroatoms. The summed E-state index contributed by atoms with van der Waals surface area (Å²) in [6.45, 7) is 3.61. The first-order chi connectivity index (χ1) is 17.3. The van der Waals surface area contributed by atoms with Crippen LogP contribution in [0.2, 0.25) is 0 Å². The number of hydrogen-bond donors (Lipinski definition) is 3. The molecule has 0 amide bonds. The molecule has 5 nitrogen and oxygen atoms in total. The molecule has 210 valence electrons. The fourth-order valence-electron chi connectivity index (χ4n) is 5.96. The van der Waals surface area contributed by atoms with Crippen molar-refractivity contribution < 1.29 is 35.8 Å². The SMILES string of the molecule is CC1(C)CCCCC[C@](OCc2ccccc2)(C(F)(F)F)C2NNC(O2)C2CCC(C(F)(F)F)C(C1)N2. The molecule has 3 heterocycles. The van der Waals surface area contributed by atoms with Gasteiger partial charge >= 0.3 is 12.4 Å². The zero-order chi connectivity index (χ0) is 26.9. The van der Waals surface area contributed by atoms with Crippen LogP contribution in [0.3, 0.4) is 0 Å². The molecule has 0 radical (unpaired) electrons. The highest BCUT2D eigenvalue weighted by Crippen LogP contribution is 2.45. The molecule has 37 heavy (non-hydrogen) atoms. The predicted molar refractivity (Wildman–Crippen MR) is 126 cm³/mol. The Labute approximate surface area is 214 Å². The first-order valence-electron chi connectivity index (χ1n) is 13.0. The maximum absolute atomic E-state index is 14.8. The summed E-state index contributed by atoms with van der Waals surface area (Å²) >= 11 is 0. The molecule has 3 aliphatic rings. The van der Waals surface area contributed by atoms with Gasteiger partial charge in [-0.05, 0) is 43.1 Å². The van der Waals surface area contributed by atoms with Crippen molar-refractivity contribution in [3.8, 4) is 0 Å². The predicted octanol–water partition coefficient (Wildman–Crippen LogP) is 5.96. The van der Waals surface area contributed by atoms with Crippen LogP contribution in [0.5, 0.6) is 0 Å². The van der Waals surface area contributed by atoms with Gasteiger partial charge in [0, 0.05) is 12.1 Å². The van der Waals surface area contributed by atoms with E-state index in [-0.39, 0.29) is 32.3 Å². The molecule has 0 saturated carbocycles. The van der Waals surface area contributed by atoms with Crippen molar-refractivity contribution in [2.75, 3.05) is 0 Å². The lowest BCUT2D eigenvalue weighted by molar-refractivity contribution is -0.320. The number of hydrazine groups is 1. The van der Waals surface area contributed by atoms with E-state index < -0.39 is 53.8 Å². The van der Waals surface area contributed by atoms with Gasteiger partial charge in [-0.2, -0.15) is 26.3 Å². The second-order valence-corrected chi connectivity index (χ2v) is 11.4. The lowest BCUT2D eigenvalue weighted by atomic mass is 9.74. The number of nitrogens with one attached hydrogen (secondary N) is 3. The number of benzene rings is 1. The molecule has 0 aliphatic carbocycles. The lowest BCUT2D eigenvalue weighted by Crippen LogP contribution is -2.61. The van der Waals surface area contributed by atoms with Crippen LogP contribution in [0.4, 0.5) is 26.3 Å². The first-order valence-corrected chi connectivity index (χ1v) is 13.0. The molecule has 6 atom stereocenters. The molecule has 3 saturated heterocycles. The van der Waals surface area contributed by atoms with E-state index in [1.54, 1.807) is 30.3 Å². The second-order valence-electron chi connectivity index (χ2n) is 11.4. The van der Waals surface area contributed by atoms with Gasteiger partial charge in [0.1, 0.15) is 6.23 Å². The van der Waals surface area contributed by atoms with Crippen LogP contribution in [-0.4, -0.2) is 42.5 Å². The summed E-state index contributed by atoms with van der Waals surface area (Å²) in [7, 11) is 0. The Hall–Kier alpha value is -1.40. The molecular weight excluding hydrogens is 500 g/mol. The van der Waals surface area contributed by atoms with Gasteiger partial charge in [0.15, 0.2) is 6.23 Å². The number of rotatable bonds is 3. The molecule has 3 fully saturated rings. The highest BCUT2D eigenvalue weighted by Gasteiger charge is 2.63. The Morgan fingerprint density at radius 2 is 1.62 bits per heavy atom. The van der Waals surface area contributed by atoms with Gasteiger partial charge in [0.2, 0.25) is 5.60 Å². The highest BCUT2D eigenvalue weighted by atomic mass is 19.4. The third-order valence-corrected chi connectivity index (χ3v) is 8.04.